The number of aryl methyl sites for hydroxylation is 1. The number of piperidine rings is 1. The fourth-order valence-corrected chi connectivity index (χ4v) is 2.41. The van der Waals surface area contributed by atoms with Gasteiger partial charge in [0.25, 0.3) is 5.91 Å². The van der Waals surface area contributed by atoms with Crippen LogP contribution >= 0.6 is 0 Å². The first-order chi connectivity index (χ1) is 8.54. The Morgan fingerprint density at radius 3 is 2.61 bits per heavy atom. The van der Waals surface area contributed by atoms with Crippen molar-refractivity contribution >= 4 is 5.91 Å². The largest absolute Gasteiger partial charge is 0.339 e. The molecule has 0 radical (unpaired) electrons. The number of nitrogens with zero attached hydrogens (tertiary/aromatic N) is 1. The van der Waals surface area contributed by atoms with Crippen LogP contribution in [0.3, 0.4) is 0 Å². The third-order valence-electron chi connectivity index (χ3n) is 4.02. The van der Waals surface area contributed by atoms with Gasteiger partial charge in [0.1, 0.15) is 0 Å². The van der Waals surface area contributed by atoms with Crippen molar-refractivity contribution in [3.8, 4) is 0 Å². The number of carbonyl (C=O) groups excluding carboxylic acids is 1. The third kappa shape index (κ3) is 2.72. The molecule has 1 heterocycles. The maximum Gasteiger partial charge on any atom is 0.253 e. The van der Waals surface area contributed by atoms with Crippen molar-refractivity contribution in [3.05, 3.63) is 35.4 Å². The minimum atomic E-state index is 0.151. The molecule has 1 aliphatic heterocycles. The summed E-state index contributed by atoms with van der Waals surface area (Å²) in [5.74, 6) is 0.151. The lowest BCUT2D eigenvalue weighted by Gasteiger charge is -2.38. The maximum absolute atomic E-state index is 12.3. The number of hydrogen-bond donors (Lipinski definition) is 1. The Morgan fingerprint density at radius 1 is 1.39 bits per heavy atom. The summed E-state index contributed by atoms with van der Waals surface area (Å²) in [5, 5.41) is 0. The molecule has 0 bridgehead atoms. The summed E-state index contributed by atoms with van der Waals surface area (Å²) >= 11 is 0. The molecule has 0 spiro atoms. The fraction of sp³-hybridized carbons (Fsp3) is 0.533. The van der Waals surface area contributed by atoms with Crippen LogP contribution in [-0.4, -0.2) is 30.4 Å². The molecule has 0 aromatic heterocycles. The monoisotopic (exact) mass is 246 g/mol. The van der Waals surface area contributed by atoms with E-state index in [1.54, 1.807) is 0 Å². The molecule has 2 rings (SSSR count). The lowest BCUT2D eigenvalue weighted by Crippen LogP contribution is -2.44. The highest BCUT2D eigenvalue weighted by molar-refractivity contribution is 5.94. The van der Waals surface area contributed by atoms with Gasteiger partial charge in [0.05, 0.1) is 0 Å². The molecule has 2 N–H and O–H groups in total. The van der Waals surface area contributed by atoms with Crippen molar-refractivity contribution < 1.29 is 4.79 Å². The molecule has 1 saturated heterocycles. The van der Waals surface area contributed by atoms with Crippen molar-refractivity contribution in [1.82, 2.24) is 4.90 Å². The summed E-state index contributed by atoms with van der Waals surface area (Å²) in [6.07, 6.45) is 2.00. The fourth-order valence-electron chi connectivity index (χ4n) is 2.41. The van der Waals surface area contributed by atoms with Crippen LogP contribution in [0.4, 0.5) is 0 Å². The van der Waals surface area contributed by atoms with Crippen LogP contribution in [-0.2, 0) is 0 Å². The van der Waals surface area contributed by atoms with E-state index in [4.69, 9.17) is 5.73 Å². The molecule has 18 heavy (non-hydrogen) atoms. The Morgan fingerprint density at radius 2 is 2.06 bits per heavy atom. The normalized spacial score (nSPS) is 18.7. The quantitative estimate of drug-likeness (QED) is 0.869. The molecule has 1 aromatic carbocycles. The van der Waals surface area contributed by atoms with E-state index in [0.717, 1.165) is 37.1 Å². The number of benzene rings is 1. The molecule has 0 saturated carbocycles. The molecule has 1 fully saturated rings. The van der Waals surface area contributed by atoms with Gasteiger partial charge >= 0.3 is 0 Å². The van der Waals surface area contributed by atoms with Gasteiger partial charge in [-0.25, -0.2) is 0 Å². The van der Waals surface area contributed by atoms with Crippen LogP contribution in [0, 0.1) is 12.3 Å². The summed E-state index contributed by atoms with van der Waals surface area (Å²) < 4.78 is 0. The second kappa shape index (κ2) is 5.11. The molecule has 3 heteroatoms. The Bertz CT molecular complexity index is 434. The van der Waals surface area contributed by atoms with E-state index < -0.39 is 0 Å². The first-order valence-electron chi connectivity index (χ1n) is 6.60. The molecule has 0 atom stereocenters. The highest BCUT2D eigenvalue weighted by Crippen LogP contribution is 2.30. The summed E-state index contributed by atoms with van der Waals surface area (Å²) in [6, 6.07) is 7.81. The molecular weight excluding hydrogens is 224 g/mol. The van der Waals surface area contributed by atoms with Gasteiger partial charge in [0.2, 0.25) is 0 Å². The van der Waals surface area contributed by atoms with Gasteiger partial charge in [0, 0.05) is 18.7 Å². The molecule has 3 nitrogen and oxygen atoms in total. The lowest BCUT2D eigenvalue weighted by atomic mass is 9.80. The Balaban J connectivity index is 2.04. The molecule has 0 aliphatic carbocycles. The standard InChI is InChI=1S/C15H22N2O/c1-12-4-3-5-13(10-12)14(18)17-8-6-15(2,11-16)7-9-17/h3-5,10H,6-9,11,16H2,1-2H3. The van der Waals surface area contributed by atoms with Crippen LogP contribution < -0.4 is 5.73 Å². The van der Waals surface area contributed by atoms with Crippen LogP contribution in [0.1, 0.15) is 35.7 Å². The second-order valence-electron chi connectivity index (χ2n) is 5.68. The van der Waals surface area contributed by atoms with Crippen LogP contribution in [0.5, 0.6) is 0 Å². The van der Waals surface area contributed by atoms with Crippen molar-refractivity contribution in [2.45, 2.75) is 26.7 Å². The molecular formula is C15H22N2O. The van der Waals surface area contributed by atoms with Gasteiger partial charge in [0.15, 0.2) is 0 Å². The van der Waals surface area contributed by atoms with Gasteiger partial charge < -0.3 is 10.6 Å². The van der Waals surface area contributed by atoms with Crippen LogP contribution in [0.2, 0.25) is 0 Å². The van der Waals surface area contributed by atoms with Gasteiger partial charge in [-0.2, -0.15) is 0 Å². The highest BCUT2D eigenvalue weighted by atomic mass is 16.2. The van der Waals surface area contributed by atoms with E-state index in [0.29, 0.717) is 6.54 Å². The van der Waals surface area contributed by atoms with E-state index in [1.807, 2.05) is 36.1 Å². The SMILES string of the molecule is Cc1cccc(C(=O)N2CCC(C)(CN)CC2)c1. The zero-order valence-electron chi connectivity index (χ0n) is 11.3. The molecule has 1 amide bonds. The van der Waals surface area contributed by atoms with E-state index >= 15 is 0 Å². The number of hydrogen-bond acceptors (Lipinski definition) is 2. The Hall–Kier alpha value is -1.35. The molecule has 0 unspecified atom stereocenters. The third-order valence-corrected chi connectivity index (χ3v) is 4.02. The number of rotatable bonds is 2. The lowest BCUT2D eigenvalue weighted by molar-refractivity contribution is 0.0617. The molecule has 1 aromatic rings. The van der Waals surface area contributed by atoms with Gasteiger partial charge in [-0.3, -0.25) is 4.79 Å². The Labute approximate surface area is 109 Å². The van der Waals surface area contributed by atoms with E-state index in [-0.39, 0.29) is 11.3 Å². The number of carbonyl (C=O) groups is 1. The van der Waals surface area contributed by atoms with Crippen molar-refractivity contribution in [2.75, 3.05) is 19.6 Å². The van der Waals surface area contributed by atoms with E-state index in [9.17, 15) is 4.79 Å². The summed E-state index contributed by atoms with van der Waals surface area (Å²) in [4.78, 5) is 14.3. The molecule has 1 aliphatic rings. The topological polar surface area (TPSA) is 46.3 Å². The Kier molecular flexibility index (Phi) is 3.71. The average Bonchev–Trinajstić information content (AvgIpc) is 2.39. The first kappa shape index (κ1) is 13.1. The van der Waals surface area contributed by atoms with Crippen molar-refractivity contribution in [2.24, 2.45) is 11.1 Å². The predicted octanol–water partition coefficient (Wildman–Crippen LogP) is 2.20. The van der Waals surface area contributed by atoms with Gasteiger partial charge in [-0.05, 0) is 43.9 Å². The van der Waals surface area contributed by atoms with Crippen LogP contribution in [0.15, 0.2) is 24.3 Å². The van der Waals surface area contributed by atoms with E-state index in [2.05, 4.69) is 6.92 Å². The minimum Gasteiger partial charge on any atom is -0.339 e. The maximum atomic E-state index is 12.3. The molecule has 98 valence electrons. The summed E-state index contributed by atoms with van der Waals surface area (Å²) in [5.41, 5.74) is 7.93. The predicted molar refractivity (Wildman–Crippen MR) is 73.5 cm³/mol. The van der Waals surface area contributed by atoms with Gasteiger partial charge in [-0.1, -0.05) is 24.6 Å². The van der Waals surface area contributed by atoms with Gasteiger partial charge in [-0.15, -0.1) is 0 Å². The van der Waals surface area contributed by atoms with E-state index in [1.165, 1.54) is 0 Å². The summed E-state index contributed by atoms with van der Waals surface area (Å²) in [7, 11) is 0. The smallest absolute Gasteiger partial charge is 0.253 e. The number of nitrogens with two attached hydrogens (primary N) is 1. The first-order valence-corrected chi connectivity index (χ1v) is 6.60. The minimum absolute atomic E-state index is 0.151. The van der Waals surface area contributed by atoms with Crippen molar-refractivity contribution in [1.29, 1.82) is 0 Å². The average molecular weight is 246 g/mol. The highest BCUT2D eigenvalue weighted by Gasteiger charge is 2.30. The van der Waals surface area contributed by atoms with Crippen LogP contribution in [0.25, 0.3) is 0 Å². The zero-order chi connectivity index (χ0) is 13.2. The summed E-state index contributed by atoms with van der Waals surface area (Å²) in [6.45, 7) is 6.57. The van der Waals surface area contributed by atoms with Crippen molar-refractivity contribution in [3.63, 3.8) is 0 Å². The number of likely N-dealkylation sites (tertiary alicyclic amines) is 1. The zero-order valence-corrected chi connectivity index (χ0v) is 11.3. The second-order valence-corrected chi connectivity index (χ2v) is 5.68. The number of amides is 1.